The van der Waals surface area contributed by atoms with Gasteiger partial charge in [-0.05, 0) is 57.5 Å². The molecule has 20 heavy (non-hydrogen) atoms. The number of hydrogen-bond donors (Lipinski definition) is 1. The van der Waals surface area contributed by atoms with Crippen LogP contribution in [0.3, 0.4) is 0 Å². The van der Waals surface area contributed by atoms with Crippen molar-refractivity contribution in [3.05, 3.63) is 24.3 Å². The topological polar surface area (TPSA) is 54.3 Å². The molecule has 0 aromatic heterocycles. The summed E-state index contributed by atoms with van der Waals surface area (Å²) in [6, 6.07) is 9.92. The smallest absolute Gasteiger partial charge is 0.119 e. The Morgan fingerprint density at radius 3 is 2.25 bits per heavy atom. The highest BCUT2D eigenvalue weighted by Crippen LogP contribution is 2.18. The van der Waals surface area contributed by atoms with Gasteiger partial charge in [-0.3, -0.25) is 5.32 Å². The SMILES string of the molecule is CCNC(C)(C#N)CCCOc1ccc(OCC)cc1. The Morgan fingerprint density at radius 1 is 1.15 bits per heavy atom. The van der Waals surface area contributed by atoms with Gasteiger partial charge < -0.3 is 9.47 Å². The molecule has 1 atom stereocenters. The Kier molecular flexibility index (Phi) is 6.89. The molecule has 0 saturated heterocycles. The van der Waals surface area contributed by atoms with Gasteiger partial charge in [0.25, 0.3) is 0 Å². The highest BCUT2D eigenvalue weighted by Gasteiger charge is 2.21. The molecule has 0 spiro atoms. The fraction of sp³-hybridized carbons (Fsp3) is 0.562. The molecule has 0 amide bonds. The van der Waals surface area contributed by atoms with E-state index in [4.69, 9.17) is 14.7 Å². The summed E-state index contributed by atoms with van der Waals surface area (Å²) in [6.45, 7) is 7.96. The molecule has 0 saturated carbocycles. The number of ether oxygens (including phenoxy) is 2. The third kappa shape index (κ3) is 5.50. The second-order valence-electron chi connectivity index (χ2n) is 4.83. The molecular formula is C16H24N2O2. The number of rotatable bonds is 9. The summed E-state index contributed by atoms with van der Waals surface area (Å²) in [5, 5.41) is 12.3. The predicted molar refractivity (Wildman–Crippen MR) is 80.0 cm³/mol. The number of nitrogens with zero attached hydrogens (tertiary/aromatic N) is 1. The van der Waals surface area contributed by atoms with E-state index in [0.717, 1.165) is 30.9 Å². The molecular weight excluding hydrogens is 252 g/mol. The first-order valence-electron chi connectivity index (χ1n) is 7.15. The lowest BCUT2D eigenvalue weighted by Crippen LogP contribution is -2.40. The standard InChI is InChI=1S/C16H24N2O2/c1-4-18-16(3,13-17)11-6-12-20-15-9-7-14(8-10-15)19-5-2/h7-10,18H,4-6,11-12H2,1-3H3. The van der Waals surface area contributed by atoms with Gasteiger partial charge in [0.2, 0.25) is 0 Å². The second kappa shape index (κ2) is 8.44. The van der Waals surface area contributed by atoms with Crippen LogP contribution in [0, 0.1) is 11.3 Å². The molecule has 1 unspecified atom stereocenters. The summed E-state index contributed by atoms with van der Waals surface area (Å²) in [5.74, 6) is 1.68. The van der Waals surface area contributed by atoms with Crippen LogP contribution >= 0.6 is 0 Å². The van der Waals surface area contributed by atoms with Crippen LogP contribution in [-0.2, 0) is 0 Å². The highest BCUT2D eigenvalue weighted by atomic mass is 16.5. The Morgan fingerprint density at radius 2 is 1.75 bits per heavy atom. The van der Waals surface area contributed by atoms with Crippen LogP contribution in [0.15, 0.2) is 24.3 Å². The van der Waals surface area contributed by atoms with E-state index in [2.05, 4.69) is 11.4 Å². The van der Waals surface area contributed by atoms with Gasteiger partial charge in [-0.1, -0.05) is 6.92 Å². The lowest BCUT2D eigenvalue weighted by atomic mass is 9.98. The minimum Gasteiger partial charge on any atom is -0.494 e. The van der Waals surface area contributed by atoms with E-state index in [0.29, 0.717) is 13.2 Å². The number of nitriles is 1. The van der Waals surface area contributed by atoms with Crippen LogP contribution in [0.5, 0.6) is 11.5 Å². The molecule has 0 radical (unpaired) electrons. The van der Waals surface area contributed by atoms with Gasteiger partial charge in [0.05, 0.1) is 19.3 Å². The Balaban J connectivity index is 2.32. The first kappa shape index (κ1) is 16.3. The van der Waals surface area contributed by atoms with Crippen LogP contribution in [-0.4, -0.2) is 25.3 Å². The van der Waals surface area contributed by atoms with E-state index >= 15 is 0 Å². The van der Waals surface area contributed by atoms with Gasteiger partial charge in [0.1, 0.15) is 17.0 Å². The van der Waals surface area contributed by atoms with E-state index < -0.39 is 5.54 Å². The van der Waals surface area contributed by atoms with Gasteiger partial charge in [-0.2, -0.15) is 5.26 Å². The zero-order chi connectivity index (χ0) is 14.8. The quantitative estimate of drug-likeness (QED) is 0.704. The molecule has 4 nitrogen and oxygen atoms in total. The summed E-state index contributed by atoms with van der Waals surface area (Å²) >= 11 is 0. The zero-order valence-corrected chi connectivity index (χ0v) is 12.6. The number of hydrogen-bond acceptors (Lipinski definition) is 4. The monoisotopic (exact) mass is 276 g/mol. The Hall–Kier alpha value is -1.73. The average Bonchev–Trinajstić information content (AvgIpc) is 2.46. The van der Waals surface area contributed by atoms with E-state index in [1.807, 2.05) is 45.0 Å². The molecule has 110 valence electrons. The molecule has 1 aromatic rings. The maximum Gasteiger partial charge on any atom is 0.119 e. The normalized spacial score (nSPS) is 13.3. The largest absolute Gasteiger partial charge is 0.494 e. The first-order valence-corrected chi connectivity index (χ1v) is 7.15. The molecule has 0 fully saturated rings. The van der Waals surface area contributed by atoms with E-state index in [9.17, 15) is 0 Å². The van der Waals surface area contributed by atoms with Crippen LogP contribution in [0.4, 0.5) is 0 Å². The van der Waals surface area contributed by atoms with Crippen LogP contribution < -0.4 is 14.8 Å². The van der Waals surface area contributed by atoms with Gasteiger partial charge >= 0.3 is 0 Å². The molecule has 0 aliphatic heterocycles. The van der Waals surface area contributed by atoms with E-state index in [1.54, 1.807) is 0 Å². The predicted octanol–water partition coefficient (Wildman–Crippen LogP) is 3.14. The first-order chi connectivity index (χ1) is 9.63. The zero-order valence-electron chi connectivity index (χ0n) is 12.6. The van der Waals surface area contributed by atoms with E-state index in [-0.39, 0.29) is 0 Å². The van der Waals surface area contributed by atoms with Crippen molar-refractivity contribution in [2.75, 3.05) is 19.8 Å². The molecule has 4 heteroatoms. The molecule has 0 aliphatic carbocycles. The average molecular weight is 276 g/mol. The minimum absolute atomic E-state index is 0.461. The van der Waals surface area contributed by atoms with Crippen molar-refractivity contribution in [3.63, 3.8) is 0 Å². The van der Waals surface area contributed by atoms with Gasteiger partial charge in [0.15, 0.2) is 0 Å². The van der Waals surface area contributed by atoms with Crippen molar-refractivity contribution in [1.82, 2.24) is 5.32 Å². The third-order valence-corrected chi connectivity index (χ3v) is 3.04. The van der Waals surface area contributed by atoms with Crippen molar-refractivity contribution < 1.29 is 9.47 Å². The fourth-order valence-corrected chi connectivity index (χ4v) is 1.99. The van der Waals surface area contributed by atoms with Crippen LogP contribution in [0.25, 0.3) is 0 Å². The second-order valence-corrected chi connectivity index (χ2v) is 4.83. The van der Waals surface area contributed by atoms with Crippen LogP contribution in [0.1, 0.15) is 33.6 Å². The Bertz CT molecular complexity index is 425. The van der Waals surface area contributed by atoms with Gasteiger partial charge in [-0.25, -0.2) is 0 Å². The molecule has 1 N–H and O–H groups in total. The number of benzene rings is 1. The summed E-state index contributed by atoms with van der Waals surface area (Å²) in [4.78, 5) is 0. The van der Waals surface area contributed by atoms with E-state index in [1.165, 1.54) is 0 Å². The molecule has 0 heterocycles. The molecule has 1 rings (SSSR count). The summed E-state index contributed by atoms with van der Waals surface area (Å²) in [6.07, 6.45) is 1.61. The minimum atomic E-state index is -0.461. The fourth-order valence-electron chi connectivity index (χ4n) is 1.99. The van der Waals surface area contributed by atoms with Crippen molar-refractivity contribution >= 4 is 0 Å². The molecule has 0 aliphatic rings. The third-order valence-electron chi connectivity index (χ3n) is 3.04. The van der Waals surface area contributed by atoms with Crippen molar-refractivity contribution in [3.8, 4) is 17.6 Å². The van der Waals surface area contributed by atoms with Gasteiger partial charge in [-0.15, -0.1) is 0 Å². The van der Waals surface area contributed by atoms with Crippen molar-refractivity contribution in [2.24, 2.45) is 0 Å². The lowest BCUT2D eigenvalue weighted by Gasteiger charge is -2.22. The maximum atomic E-state index is 9.15. The summed E-state index contributed by atoms with van der Waals surface area (Å²) in [7, 11) is 0. The van der Waals surface area contributed by atoms with Crippen LogP contribution in [0.2, 0.25) is 0 Å². The molecule has 1 aromatic carbocycles. The molecule has 0 bridgehead atoms. The van der Waals surface area contributed by atoms with Crippen molar-refractivity contribution in [1.29, 1.82) is 5.26 Å². The Labute approximate surface area is 121 Å². The highest BCUT2D eigenvalue weighted by molar-refractivity contribution is 5.31. The van der Waals surface area contributed by atoms with Gasteiger partial charge in [0, 0.05) is 0 Å². The number of nitrogens with one attached hydrogen (secondary N) is 1. The van der Waals surface area contributed by atoms with Crippen molar-refractivity contribution in [2.45, 2.75) is 39.2 Å². The summed E-state index contributed by atoms with van der Waals surface area (Å²) in [5.41, 5.74) is -0.461. The maximum absolute atomic E-state index is 9.15. The summed E-state index contributed by atoms with van der Waals surface area (Å²) < 4.78 is 11.0. The lowest BCUT2D eigenvalue weighted by molar-refractivity contribution is 0.285.